The van der Waals surface area contributed by atoms with Gasteiger partial charge in [-0.25, -0.2) is 0 Å². The lowest BCUT2D eigenvalue weighted by Gasteiger charge is -2.19. The van der Waals surface area contributed by atoms with Gasteiger partial charge in [-0.15, -0.1) is 0 Å². The summed E-state index contributed by atoms with van der Waals surface area (Å²) in [5.41, 5.74) is 1.29. The molecular formula is C12H14BrNO2. The second-order valence-corrected chi connectivity index (χ2v) is 4.32. The maximum Gasteiger partial charge on any atom is 0.253 e. The average molecular weight is 284 g/mol. The SMILES string of the molecule is C=C(C)C(=O)N(C)c1ccc(OC)cc1Br. The fourth-order valence-corrected chi connectivity index (χ4v) is 1.91. The van der Waals surface area contributed by atoms with Crippen LogP contribution in [0.1, 0.15) is 6.92 Å². The maximum absolute atomic E-state index is 11.7. The van der Waals surface area contributed by atoms with Crippen molar-refractivity contribution in [3.63, 3.8) is 0 Å². The first kappa shape index (κ1) is 12.8. The van der Waals surface area contributed by atoms with Gasteiger partial charge in [-0.1, -0.05) is 6.58 Å². The van der Waals surface area contributed by atoms with Crippen molar-refractivity contribution in [2.75, 3.05) is 19.1 Å². The van der Waals surface area contributed by atoms with Crippen molar-refractivity contribution >= 4 is 27.5 Å². The molecule has 1 amide bonds. The van der Waals surface area contributed by atoms with Crippen molar-refractivity contribution < 1.29 is 9.53 Å². The van der Waals surface area contributed by atoms with Crippen molar-refractivity contribution in [3.8, 4) is 5.75 Å². The molecule has 0 fully saturated rings. The van der Waals surface area contributed by atoms with E-state index in [0.717, 1.165) is 15.9 Å². The predicted molar refractivity (Wildman–Crippen MR) is 68.9 cm³/mol. The van der Waals surface area contributed by atoms with Crippen molar-refractivity contribution in [3.05, 3.63) is 34.8 Å². The van der Waals surface area contributed by atoms with Gasteiger partial charge in [0, 0.05) is 17.1 Å². The van der Waals surface area contributed by atoms with E-state index < -0.39 is 0 Å². The van der Waals surface area contributed by atoms with E-state index in [1.165, 1.54) is 0 Å². The molecule has 1 rings (SSSR count). The number of halogens is 1. The summed E-state index contributed by atoms with van der Waals surface area (Å²) in [5.74, 6) is 0.637. The highest BCUT2D eigenvalue weighted by Gasteiger charge is 2.14. The Kier molecular flexibility index (Phi) is 4.12. The first-order valence-corrected chi connectivity index (χ1v) is 5.53. The number of rotatable bonds is 3. The Labute approximate surface area is 104 Å². The monoisotopic (exact) mass is 283 g/mol. The largest absolute Gasteiger partial charge is 0.497 e. The third-order valence-corrected chi connectivity index (χ3v) is 2.82. The highest BCUT2D eigenvalue weighted by atomic mass is 79.9. The molecule has 0 unspecified atom stereocenters. The smallest absolute Gasteiger partial charge is 0.253 e. The molecule has 0 heterocycles. The molecule has 1 aromatic rings. The third-order valence-electron chi connectivity index (χ3n) is 2.19. The molecule has 0 saturated carbocycles. The number of hydrogen-bond acceptors (Lipinski definition) is 2. The van der Waals surface area contributed by atoms with Crippen molar-refractivity contribution in [1.29, 1.82) is 0 Å². The Morgan fingerprint density at radius 2 is 2.12 bits per heavy atom. The minimum atomic E-state index is -0.106. The Bertz CT molecular complexity index is 429. The van der Waals surface area contributed by atoms with Gasteiger partial charge in [0.25, 0.3) is 5.91 Å². The van der Waals surface area contributed by atoms with Crippen LogP contribution >= 0.6 is 15.9 Å². The van der Waals surface area contributed by atoms with Gasteiger partial charge in [0.2, 0.25) is 0 Å². The minimum Gasteiger partial charge on any atom is -0.497 e. The Morgan fingerprint density at radius 1 is 1.50 bits per heavy atom. The normalized spacial score (nSPS) is 9.75. The number of amides is 1. The van der Waals surface area contributed by atoms with E-state index in [9.17, 15) is 4.79 Å². The molecule has 86 valence electrons. The van der Waals surface area contributed by atoms with Crippen molar-refractivity contribution in [1.82, 2.24) is 0 Å². The number of carbonyl (C=O) groups is 1. The molecule has 0 N–H and O–H groups in total. The van der Waals surface area contributed by atoms with Gasteiger partial charge in [-0.05, 0) is 41.1 Å². The van der Waals surface area contributed by atoms with Gasteiger partial charge in [0.1, 0.15) is 5.75 Å². The van der Waals surface area contributed by atoms with E-state index in [1.54, 1.807) is 26.0 Å². The average Bonchev–Trinajstić information content (AvgIpc) is 2.26. The number of nitrogens with zero attached hydrogens (tertiary/aromatic N) is 1. The predicted octanol–water partition coefficient (Wildman–Crippen LogP) is 3.00. The van der Waals surface area contributed by atoms with Gasteiger partial charge >= 0.3 is 0 Å². The van der Waals surface area contributed by atoms with Gasteiger partial charge in [-0.2, -0.15) is 0 Å². The summed E-state index contributed by atoms with van der Waals surface area (Å²) in [4.78, 5) is 13.3. The van der Waals surface area contributed by atoms with E-state index in [-0.39, 0.29) is 5.91 Å². The number of ether oxygens (including phenoxy) is 1. The number of anilines is 1. The lowest BCUT2D eigenvalue weighted by Crippen LogP contribution is -2.26. The van der Waals surface area contributed by atoms with Gasteiger partial charge in [0.05, 0.1) is 12.8 Å². The van der Waals surface area contributed by atoms with Crippen LogP contribution in [0, 0.1) is 0 Å². The lowest BCUT2D eigenvalue weighted by atomic mass is 10.2. The molecule has 1 aromatic carbocycles. The lowest BCUT2D eigenvalue weighted by molar-refractivity contribution is -0.114. The summed E-state index contributed by atoms with van der Waals surface area (Å²) < 4.78 is 5.90. The molecule has 0 radical (unpaired) electrons. The zero-order valence-corrected chi connectivity index (χ0v) is 11.2. The molecule has 3 nitrogen and oxygen atoms in total. The molecule has 0 aliphatic carbocycles. The van der Waals surface area contributed by atoms with Crippen LogP contribution in [0.15, 0.2) is 34.8 Å². The molecule has 4 heteroatoms. The minimum absolute atomic E-state index is 0.106. The molecule has 0 spiro atoms. The van der Waals surface area contributed by atoms with E-state index >= 15 is 0 Å². The van der Waals surface area contributed by atoms with Crippen LogP contribution in [0.5, 0.6) is 5.75 Å². The summed E-state index contributed by atoms with van der Waals surface area (Å²) in [6, 6.07) is 5.45. The Hall–Kier alpha value is -1.29. The maximum atomic E-state index is 11.7. The molecule has 16 heavy (non-hydrogen) atoms. The van der Waals surface area contributed by atoms with Gasteiger partial charge in [-0.3, -0.25) is 4.79 Å². The highest BCUT2D eigenvalue weighted by Crippen LogP contribution is 2.30. The summed E-state index contributed by atoms with van der Waals surface area (Å²) >= 11 is 3.40. The van der Waals surface area contributed by atoms with Gasteiger partial charge < -0.3 is 9.64 Å². The molecule has 0 bridgehead atoms. The van der Waals surface area contributed by atoms with Crippen LogP contribution in [0.25, 0.3) is 0 Å². The topological polar surface area (TPSA) is 29.5 Å². The van der Waals surface area contributed by atoms with E-state index in [4.69, 9.17) is 4.74 Å². The Morgan fingerprint density at radius 3 is 2.56 bits per heavy atom. The zero-order valence-electron chi connectivity index (χ0n) is 9.58. The second kappa shape index (κ2) is 5.16. The van der Waals surface area contributed by atoms with E-state index in [2.05, 4.69) is 22.5 Å². The van der Waals surface area contributed by atoms with E-state index in [1.807, 2.05) is 18.2 Å². The first-order chi connectivity index (χ1) is 7.47. The number of carbonyl (C=O) groups excluding carboxylic acids is 1. The number of methoxy groups -OCH3 is 1. The van der Waals surface area contributed by atoms with Gasteiger partial charge in [0.15, 0.2) is 0 Å². The summed E-state index contributed by atoms with van der Waals surface area (Å²) in [6.45, 7) is 5.32. The molecule has 0 saturated heterocycles. The van der Waals surface area contributed by atoms with Crippen LogP contribution < -0.4 is 9.64 Å². The van der Waals surface area contributed by atoms with E-state index in [0.29, 0.717) is 5.57 Å². The standard InChI is InChI=1S/C12H14BrNO2/c1-8(2)12(15)14(3)11-6-5-9(16-4)7-10(11)13/h5-7H,1H2,2-4H3. The molecule has 0 aliphatic rings. The van der Waals surface area contributed by atoms with Crippen LogP contribution in [0.4, 0.5) is 5.69 Å². The molecular weight excluding hydrogens is 270 g/mol. The highest BCUT2D eigenvalue weighted by molar-refractivity contribution is 9.10. The molecule has 0 aliphatic heterocycles. The number of benzene rings is 1. The van der Waals surface area contributed by atoms with Crippen LogP contribution in [0.3, 0.4) is 0 Å². The number of likely N-dealkylation sites (N-methyl/N-ethyl adjacent to an activating group) is 1. The Balaban J connectivity index is 3.05. The number of hydrogen-bond donors (Lipinski definition) is 0. The van der Waals surface area contributed by atoms with Crippen LogP contribution in [-0.4, -0.2) is 20.1 Å². The quantitative estimate of drug-likeness (QED) is 0.798. The molecule has 0 atom stereocenters. The van der Waals surface area contributed by atoms with Crippen molar-refractivity contribution in [2.45, 2.75) is 6.92 Å². The molecule has 0 aromatic heterocycles. The van der Waals surface area contributed by atoms with Crippen LogP contribution in [-0.2, 0) is 4.79 Å². The van der Waals surface area contributed by atoms with Crippen LogP contribution in [0.2, 0.25) is 0 Å². The summed E-state index contributed by atoms with van der Waals surface area (Å²) in [6.07, 6.45) is 0. The zero-order chi connectivity index (χ0) is 12.3. The first-order valence-electron chi connectivity index (χ1n) is 4.74. The third kappa shape index (κ3) is 2.64. The fraction of sp³-hybridized carbons (Fsp3) is 0.250. The van der Waals surface area contributed by atoms with Crippen molar-refractivity contribution in [2.24, 2.45) is 0 Å². The fourth-order valence-electron chi connectivity index (χ4n) is 1.28. The second-order valence-electron chi connectivity index (χ2n) is 3.46. The summed E-state index contributed by atoms with van der Waals surface area (Å²) in [7, 11) is 3.31. The summed E-state index contributed by atoms with van der Waals surface area (Å²) in [5, 5.41) is 0.